The van der Waals surface area contributed by atoms with Gasteiger partial charge >= 0.3 is 12.0 Å². The lowest BCUT2D eigenvalue weighted by Crippen LogP contribution is -2.46. The number of carbonyl (C=O) groups excluding carboxylic acids is 2. The van der Waals surface area contributed by atoms with Crippen LogP contribution in [0.2, 0.25) is 0 Å². The fourth-order valence-electron chi connectivity index (χ4n) is 1.11. The van der Waals surface area contributed by atoms with Gasteiger partial charge in [0.2, 0.25) is 0 Å². The van der Waals surface area contributed by atoms with E-state index in [4.69, 9.17) is 11.5 Å². The maximum absolute atomic E-state index is 11.6. The Morgan fingerprint density at radius 3 is 2.05 bits per heavy atom. The quantitative estimate of drug-likeness (QED) is 0.520. The summed E-state index contributed by atoms with van der Waals surface area (Å²) in [7, 11) is 0. The summed E-state index contributed by atoms with van der Waals surface area (Å²) in [6.07, 6.45) is 5.24. The summed E-state index contributed by atoms with van der Waals surface area (Å²) >= 11 is 0. The van der Waals surface area contributed by atoms with Crippen LogP contribution in [0.5, 0.6) is 0 Å². The number of urea groups is 1. The molecule has 1 atom stereocenters. The molecule has 0 aliphatic carbocycles. The SMILES string of the molecule is C#CC(NC(=O)NC(=O)C(C)=C(C)C(=O)O)C(C)C. The van der Waals surface area contributed by atoms with E-state index in [9.17, 15) is 14.4 Å². The van der Waals surface area contributed by atoms with E-state index in [2.05, 4.69) is 11.2 Å². The number of carboxylic acids is 1. The van der Waals surface area contributed by atoms with Gasteiger partial charge in [-0.1, -0.05) is 19.8 Å². The Bertz CT molecular complexity index is 458. The van der Waals surface area contributed by atoms with Gasteiger partial charge in [-0.2, -0.15) is 0 Å². The second kappa shape index (κ2) is 7.21. The lowest BCUT2D eigenvalue weighted by Gasteiger charge is -2.16. The highest BCUT2D eigenvalue weighted by Crippen LogP contribution is 2.04. The van der Waals surface area contributed by atoms with Gasteiger partial charge in [0.1, 0.15) is 0 Å². The van der Waals surface area contributed by atoms with Crippen molar-refractivity contribution in [3.8, 4) is 12.3 Å². The van der Waals surface area contributed by atoms with Crippen LogP contribution in [-0.2, 0) is 9.59 Å². The van der Waals surface area contributed by atoms with Crippen molar-refractivity contribution < 1.29 is 19.5 Å². The third-order valence-electron chi connectivity index (χ3n) is 2.58. The smallest absolute Gasteiger partial charge is 0.331 e. The normalized spacial score (nSPS) is 13.1. The van der Waals surface area contributed by atoms with Crippen molar-refractivity contribution in [2.75, 3.05) is 0 Å². The number of hydrogen-bond donors (Lipinski definition) is 3. The molecule has 0 aromatic heterocycles. The minimum Gasteiger partial charge on any atom is -0.478 e. The number of imide groups is 1. The van der Waals surface area contributed by atoms with Crippen molar-refractivity contribution in [1.29, 1.82) is 0 Å². The molecule has 0 rings (SSSR count). The van der Waals surface area contributed by atoms with Crippen LogP contribution in [-0.4, -0.2) is 29.1 Å². The maximum Gasteiger partial charge on any atom is 0.331 e. The lowest BCUT2D eigenvalue weighted by molar-refractivity contribution is -0.133. The summed E-state index contributed by atoms with van der Waals surface area (Å²) in [4.78, 5) is 33.8. The molecule has 0 spiro atoms. The third kappa shape index (κ3) is 5.25. The molecule has 0 aliphatic rings. The molecule has 0 radical (unpaired) electrons. The molecule has 6 heteroatoms. The van der Waals surface area contributed by atoms with E-state index in [1.165, 1.54) is 13.8 Å². The summed E-state index contributed by atoms with van der Waals surface area (Å²) in [6, 6.07) is -1.25. The first-order valence-electron chi connectivity index (χ1n) is 5.69. The van der Waals surface area contributed by atoms with Crippen LogP contribution in [0.1, 0.15) is 27.7 Å². The second-order valence-corrected chi connectivity index (χ2v) is 4.37. The average Bonchev–Trinajstić information content (AvgIpc) is 2.33. The number of amides is 3. The molecule has 0 saturated heterocycles. The third-order valence-corrected chi connectivity index (χ3v) is 2.58. The molecule has 0 saturated carbocycles. The van der Waals surface area contributed by atoms with Crippen molar-refractivity contribution in [3.63, 3.8) is 0 Å². The van der Waals surface area contributed by atoms with Crippen molar-refractivity contribution in [2.45, 2.75) is 33.7 Å². The first-order valence-corrected chi connectivity index (χ1v) is 5.69. The van der Waals surface area contributed by atoms with E-state index in [0.717, 1.165) is 0 Å². The summed E-state index contributed by atoms with van der Waals surface area (Å²) in [5, 5.41) is 13.2. The van der Waals surface area contributed by atoms with Gasteiger partial charge in [-0.15, -0.1) is 6.42 Å². The number of nitrogens with one attached hydrogen (secondary N) is 2. The van der Waals surface area contributed by atoms with Crippen LogP contribution >= 0.6 is 0 Å². The largest absolute Gasteiger partial charge is 0.478 e. The van der Waals surface area contributed by atoms with Crippen LogP contribution in [0.15, 0.2) is 11.1 Å². The van der Waals surface area contributed by atoms with E-state index in [1.807, 2.05) is 19.2 Å². The molecule has 19 heavy (non-hydrogen) atoms. The zero-order valence-electron chi connectivity index (χ0n) is 11.4. The molecule has 104 valence electrons. The van der Waals surface area contributed by atoms with Gasteiger partial charge in [0.05, 0.1) is 6.04 Å². The fraction of sp³-hybridized carbons (Fsp3) is 0.462. The first kappa shape index (κ1) is 16.7. The fourth-order valence-corrected chi connectivity index (χ4v) is 1.11. The van der Waals surface area contributed by atoms with Gasteiger partial charge in [0.25, 0.3) is 5.91 Å². The Morgan fingerprint density at radius 1 is 1.16 bits per heavy atom. The molecule has 3 N–H and O–H groups in total. The van der Waals surface area contributed by atoms with E-state index in [1.54, 1.807) is 0 Å². The van der Waals surface area contributed by atoms with Crippen LogP contribution < -0.4 is 10.6 Å². The number of carbonyl (C=O) groups is 3. The van der Waals surface area contributed by atoms with Gasteiger partial charge in [-0.05, 0) is 19.8 Å². The molecule has 1 unspecified atom stereocenters. The van der Waals surface area contributed by atoms with Gasteiger partial charge in [-0.3, -0.25) is 10.1 Å². The monoisotopic (exact) mass is 266 g/mol. The van der Waals surface area contributed by atoms with Crippen LogP contribution in [0, 0.1) is 18.3 Å². The number of rotatable bonds is 4. The van der Waals surface area contributed by atoms with E-state index < -0.39 is 23.9 Å². The summed E-state index contributed by atoms with van der Waals surface area (Å²) in [6.45, 7) is 6.26. The van der Waals surface area contributed by atoms with Crippen molar-refractivity contribution in [1.82, 2.24) is 10.6 Å². The van der Waals surface area contributed by atoms with Crippen LogP contribution in [0.3, 0.4) is 0 Å². The standard InChI is InChI=1S/C13H18N2O4/c1-6-10(7(2)3)14-13(19)15-11(16)8(4)9(5)12(17)18/h1,7,10H,2-5H3,(H,17,18)(H2,14,15,16,19). The molecule has 0 heterocycles. The predicted molar refractivity (Wildman–Crippen MR) is 70.1 cm³/mol. The minimum absolute atomic E-state index is 0.0169. The summed E-state index contributed by atoms with van der Waals surface area (Å²) in [5.74, 6) is 0.425. The summed E-state index contributed by atoms with van der Waals surface area (Å²) < 4.78 is 0. The zero-order chi connectivity index (χ0) is 15.2. The predicted octanol–water partition coefficient (Wildman–Crippen LogP) is 0.891. The number of aliphatic carboxylic acids is 1. The average molecular weight is 266 g/mol. The second-order valence-electron chi connectivity index (χ2n) is 4.37. The molecule has 0 fully saturated rings. The molecule has 0 aromatic carbocycles. The zero-order valence-corrected chi connectivity index (χ0v) is 11.4. The molecule has 6 nitrogen and oxygen atoms in total. The Hall–Kier alpha value is -2.29. The van der Waals surface area contributed by atoms with Crippen LogP contribution in [0.4, 0.5) is 4.79 Å². The number of carboxylic acid groups (broad SMARTS) is 1. The molecular formula is C13H18N2O4. The van der Waals surface area contributed by atoms with Crippen LogP contribution in [0.25, 0.3) is 0 Å². The molecule has 0 aliphatic heterocycles. The van der Waals surface area contributed by atoms with Crippen molar-refractivity contribution in [3.05, 3.63) is 11.1 Å². The molecule has 3 amide bonds. The highest BCUT2D eigenvalue weighted by Gasteiger charge is 2.18. The topological polar surface area (TPSA) is 95.5 Å². The highest BCUT2D eigenvalue weighted by molar-refractivity contribution is 6.07. The van der Waals surface area contributed by atoms with Gasteiger partial charge in [-0.25, -0.2) is 9.59 Å². The van der Waals surface area contributed by atoms with Crippen molar-refractivity contribution >= 4 is 17.9 Å². The van der Waals surface area contributed by atoms with E-state index in [-0.39, 0.29) is 17.1 Å². The van der Waals surface area contributed by atoms with Crippen molar-refractivity contribution in [2.24, 2.45) is 5.92 Å². The van der Waals surface area contributed by atoms with E-state index >= 15 is 0 Å². The Balaban J connectivity index is 4.68. The Kier molecular flexibility index (Phi) is 6.34. The van der Waals surface area contributed by atoms with Gasteiger partial charge < -0.3 is 10.4 Å². The number of hydrogen-bond acceptors (Lipinski definition) is 3. The lowest BCUT2D eigenvalue weighted by atomic mass is 10.1. The Labute approximate surface area is 112 Å². The number of terminal acetylenes is 1. The maximum atomic E-state index is 11.6. The molecule has 0 aromatic rings. The van der Waals surface area contributed by atoms with Gasteiger partial charge in [0, 0.05) is 11.1 Å². The molecular weight excluding hydrogens is 248 g/mol. The highest BCUT2D eigenvalue weighted by atomic mass is 16.4. The Morgan fingerprint density at radius 2 is 1.68 bits per heavy atom. The molecule has 0 bridgehead atoms. The van der Waals surface area contributed by atoms with E-state index in [0.29, 0.717) is 0 Å². The summed E-state index contributed by atoms with van der Waals surface area (Å²) in [5.41, 5.74) is -0.160. The van der Waals surface area contributed by atoms with Gasteiger partial charge in [0.15, 0.2) is 0 Å². The first-order chi connectivity index (χ1) is 8.70. The minimum atomic E-state index is -1.21.